The van der Waals surface area contributed by atoms with Gasteiger partial charge < -0.3 is 14.8 Å². The van der Waals surface area contributed by atoms with Crippen molar-refractivity contribution in [1.82, 2.24) is 25.2 Å². The number of hydrogen-bond acceptors (Lipinski definition) is 8. The van der Waals surface area contributed by atoms with E-state index in [4.69, 9.17) is 9.47 Å². The molecule has 0 aliphatic heterocycles. The molecule has 0 saturated heterocycles. The minimum absolute atomic E-state index is 0.285. The molecule has 1 N–H and O–H groups in total. The molecule has 0 atom stereocenters. The van der Waals surface area contributed by atoms with Gasteiger partial charge in [0.2, 0.25) is 5.82 Å². The van der Waals surface area contributed by atoms with E-state index in [1.807, 2.05) is 61.5 Å². The van der Waals surface area contributed by atoms with Crippen molar-refractivity contribution in [2.45, 2.75) is 38.6 Å². The predicted molar refractivity (Wildman–Crippen MR) is 166 cm³/mol. The fourth-order valence-corrected chi connectivity index (χ4v) is 5.63. The lowest BCUT2D eigenvalue weighted by Crippen LogP contribution is -2.15. The molecule has 2 heterocycles. The van der Waals surface area contributed by atoms with E-state index in [-0.39, 0.29) is 5.91 Å². The average Bonchev–Trinajstić information content (AvgIpc) is 3.65. The number of aryl methyl sites for hydroxylation is 1. The molecule has 1 aliphatic rings. The van der Waals surface area contributed by atoms with Gasteiger partial charge in [0.1, 0.15) is 11.5 Å². The highest BCUT2D eigenvalue weighted by Crippen LogP contribution is 2.36. The van der Waals surface area contributed by atoms with E-state index in [0.717, 1.165) is 33.1 Å². The Hall–Kier alpha value is -5.01. The summed E-state index contributed by atoms with van der Waals surface area (Å²) in [4.78, 5) is 19.6. The molecule has 3 aromatic carbocycles. The number of benzene rings is 3. The molecule has 0 spiro atoms. The molecular formula is C33H30N6O3S. The normalized spacial score (nSPS) is 12.6. The maximum absolute atomic E-state index is 13.4. The summed E-state index contributed by atoms with van der Waals surface area (Å²) in [6, 6.07) is 18.8. The van der Waals surface area contributed by atoms with Crippen LogP contribution >= 0.6 is 11.3 Å². The molecule has 6 rings (SSSR count). The lowest BCUT2D eigenvalue weighted by molar-refractivity contribution is 0.102. The molecule has 1 saturated carbocycles. The molecule has 43 heavy (non-hydrogen) atoms. The molecule has 9 nitrogen and oxygen atoms in total. The summed E-state index contributed by atoms with van der Waals surface area (Å²) in [6.07, 6.45) is 3.72. The van der Waals surface area contributed by atoms with E-state index in [2.05, 4.69) is 42.9 Å². The second-order valence-electron chi connectivity index (χ2n) is 10.4. The van der Waals surface area contributed by atoms with Gasteiger partial charge in [-0.05, 0) is 84.5 Å². The third-order valence-electron chi connectivity index (χ3n) is 7.42. The SMILES string of the molecule is COc1ccc(Cn2nnc(-c3cc(C)c(C(=O)Nc4cccc(C#Cc5nc(C6CCC6)cs5)c4)c(OC)c3)n2)cc1. The lowest BCUT2D eigenvalue weighted by atomic mass is 9.83. The fourth-order valence-electron chi connectivity index (χ4n) is 4.88. The zero-order valence-corrected chi connectivity index (χ0v) is 24.9. The Labute approximate surface area is 253 Å². The Morgan fingerprint density at radius 3 is 2.65 bits per heavy atom. The van der Waals surface area contributed by atoms with Crippen molar-refractivity contribution in [2.24, 2.45) is 0 Å². The van der Waals surface area contributed by atoms with Crippen LogP contribution in [0.3, 0.4) is 0 Å². The van der Waals surface area contributed by atoms with Crippen LogP contribution in [0, 0.1) is 18.8 Å². The van der Waals surface area contributed by atoms with Gasteiger partial charge in [-0.15, -0.1) is 21.5 Å². The number of aromatic nitrogens is 5. The molecule has 2 aromatic heterocycles. The molecule has 5 aromatic rings. The molecule has 0 radical (unpaired) electrons. The second-order valence-corrected chi connectivity index (χ2v) is 11.2. The van der Waals surface area contributed by atoms with Crippen LogP contribution in [0.4, 0.5) is 5.69 Å². The standard InChI is InChI=1S/C33H30N6O3S/c1-21-16-25(32-36-38-39(37-32)19-23-10-13-27(41-2)14-11-23)18-29(42-3)31(21)33(40)34-26-9-4-6-22(17-26)12-15-30-35-28(20-43-30)24-7-5-8-24/h4,6,9-11,13-14,16-18,20,24H,5,7-8,19H2,1-3H3,(H,34,40). The zero-order valence-electron chi connectivity index (χ0n) is 24.1. The lowest BCUT2D eigenvalue weighted by Gasteiger charge is -2.22. The molecule has 0 bridgehead atoms. The van der Waals surface area contributed by atoms with Gasteiger partial charge in [-0.2, -0.15) is 4.80 Å². The summed E-state index contributed by atoms with van der Waals surface area (Å²) in [5, 5.41) is 18.9. The van der Waals surface area contributed by atoms with Crippen LogP contribution in [-0.4, -0.2) is 45.3 Å². The number of rotatable bonds is 8. The van der Waals surface area contributed by atoms with Gasteiger partial charge in [-0.1, -0.05) is 30.5 Å². The summed E-state index contributed by atoms with van der Waals surface area (Å²) < 4.78 is 10.8. The summed E-state index contributed by atoms with van der Waals surface area (Å²) in [5.74, 6) is 8.29. The fraction of sp³-hybridized carbons (Fsp3) is 0.242. The van der Waals surface area contributed by atoms with Crippen LogP contribution in [0.1, 0.15) is 62.9 Å². The number of nitrogens with one attached hydrogen (secondary N) is 1. The van der Waals surface area contributed by atoms with E-state index < -0.39 is 0 Å². The van der Waals surface area contributed by atoms with Crippen molar-refractivity contribution in [2.75, 3.05) is 19.5 Å². The zero-order chi connectivity index (χ0) is 29.8. The minimum atomic E-state index is -0.285. The Balaban J connectivity index is 1.16. The maximum atomic E-state index is 13.4. The smallest absolute Gasteiger partial charge is 0.259 e. The Bertz CT molecular complexity index is 1830. The summed E-state index contributed by atoms with van der Waals surface area (Å²) in [5.41, 5.74) is 5.46. The number of hydrogen-bond donors (Lipinski definition) is 1. The van der Waals surface area contributed by atoms with Crippen molar-refractivity contribution in [3.63, 3.8) is 0 Å². The average molecular weight is 591 g/mol. The molecular weight excluding hydrogens is 560 g/mol. The third kappa shape index (κ3) is 6.42. The quantitative estimate of drug-likeness (QED) is 0.218. The van der Waals surface area contributed by atoms with Crippen LogP contribution in [-0.2, 0) is 6.54 Å². The van der Waals surface area contributed by atoms with Gasteiger partial charge in [-0.25, -0.2) is 4.98 Å². The van der Waals surface area contributed by atoms with Gasteiger partial charge in [0.15, 0.2) is 5.01 Å². The van der Waals surface area contributed by atoms with E-state index in [1.54, 1.807) is 24.5 Å². The Morgan fingerprint density at radius 2 is 1.91 bits per heavy atom. The van der Waals surface area contributed by atoms with Crippen molar-refractivity contribution >= 4 is 22.9 Å². The Kier molecular flexibility index (Phi) is 8.16. The summed E-state index contributed by atoms with van der Waals surface area (Å²) >= 11 is 1.58. The molecule has 1 fully saturated rings. The molecule has 1 amide bonds. The first kappa shape index (κ1) is 28.1. The van der Waals surface area contributed by atoms with Crippen LogP contribution in [0.2, 0.25) is 0 Å². The third-order valence-corrected chi connectivity index (χ3v) is 8.20. The molecule has 216 valence electrons. The summed E-state index contributed by atoms with van der Waals surface area (Å²) in [6.45, 7) is 2.32. The van der Waals surface area contributed by atoms with Crippen molar-refractivity contribution in [3.8, 4) is 34.7 Å². The van der Waals surface area contributed by atoms with Crippen molar-refractivity contribution in [1.29, 1.82) is 0 Å². The van der Waals surface area contributed by atoms with Crippen LogP contribution < -0.4 is 14.8 Å². The number of carbonyl (C=O) groups excluding carboxylic acids is 1. The first-order valence-corrected chi connectivity index (χ1v) is 14.9. The van der Waals surface area contributed by atoms with Crippen LogP contribution in [0.15, 0.2) is 66.0 Å². The van der Waals surface area contributed by atoms with Gasteiger partial charge in [0.05, 0.1) is 32.0 Å². The van der Waals surface area contributed by atoms with E-state index in [0.29, 0.717) is 40.9 Å². The number of thiazole rings is 1. The number of amides is 1. The van der Waals surface area contributed by atoms with Gasteiger partial charge in [-0.3, -0.25) is 4.79 Å². The maximum Gasteiger partial charge on any atom is 0.259 e. The van der Waals surface area contributed by atoms with E-state index in [1.165, 1.54) is 31.2 Å². The predicted octanol–water partition coefficient (Wildman–Crippen LogP) is 6.09. The first-order chi connectivity index (χ1) is 21.0. The second kappa shape index (κ2) is 12.5. The molecule has 10 heteroatoms. The van der Waals surface area contributed by atoms with Gasteiger partial charge in [0, 0.05) is 28.1 Å². The molecule has 0 unspecified atom stereocenters. The minimum Gasteiger partial charge on any atom is -0.497 e. The van der Waals surface area contributed by atoms with Crippen LogP contribution in [0.25, 0.3) is 11.4 Å². The summed E-state index contributed by atoms with van der Waals surface area (Å²) in [7, 11) is 3.17. The molecule has 1 aliphatic carbocycles. The van der Waals surface area contributed by atoms with Gasteiger partial charge >= 0.3 is 0 Å². The topological polar surface area (TPSA) is 104 Å². The highest BCUT2D eigenvalue weighted by molar-refractivity contribution is 7.10. The largest absolute Gasteiger partial charge is 0.497 e. The van der Waals surface area contributed by atoms with E-state index >= 15 is 0 Å². The van der Waals surface area contributed by atoms with Gasteiger partial charge in [0.25, 0.3) is 5.91 Å². The Morgan fingerprint density at radius 1 is 1.07 bits per heavy atom. The number of anilines is 1. The van der Waals surface area contributed by atoms with E-state index in [9.17, 15) is 4.79 Å². The highest BCUT2D eigenvalue weighted by atomic mass is 32.1. The van der Waals surface area contributed by atoms with Crippen LogP contribution in [0.5, 0.6) is 11.5 Å². The highest BCUT2D eigenvalue weighted by Gasteiger charge is 2.22. The van der Waals surface area contributed by atoms with Crippen molar-refractivity contribution < 1.29 is 14.3 Å². The number of tetrazole rings is 1. The first-order valence-electron chi connectivity index (χ1n) is 14.0. The number of ether oxygens (including phenoxy) is 2. The number of nitrogens with zero attached hydrogens (tertiary/aromatic N) is 5. The number of methoxy groups -OCH3 is 2. The number of carbonyl (C=O) groups is 1. The van der Waals surface area contributed by atoms with Crippen molar-refractivity contribution in [3.05, 3.63) is 99.0 Å². The monoisotopic (exact) mass is 590 g/mol.